The first-order valence-corrected chi connectivity index (χ1v) is 11.2. The maximum absolute atomic E-state index is 12.6. The molecule has 1 aromatic rings. The van der Waals surface area contributed by atoms with Crippen LogP contribution in [0.4, 0.5) is 5.82 Å². The summed E-state index contributed by atoms with van der Waals surface area (Å²) < 4.78 is 23.0. The van der Waals surface area contributed by atoms with E-state index in [0.29, 0.717) is 11.6 Å². The van der Waals surface area contributed by atoms with Crippen LogP contribution in [-0.2, 0) is 9.84 Å². The average molecular weight is 380 g/mol. The van der Waals surface area contributed by atoms with Crippen LogP contribution in [0.3, 0.4) is 0 Å². The van der Waals surface area contributed by atoms with E-state index < -0.39 is 9.84 Å². The number of carbonyl (C=O) groups is 1. The van der Waals surface area contributed by atoms with E-state index in [4.69, 9.17) is 0 Å². The second-order valence-electron chi connectivity index (χ2n) is 8.60. The van der Waals surface area contributed by atoms with E-state index >= 15 is 0 Å². The van der Waals surface area contributed by atoms with E-state index in [1.165, 1.54) is 12.8 Å². The summed E-state index contributed by atoms with van der Waals surface area (Å²) in [5.41, 5.74) is 0.803. The molecular weight excluding hydrogens is 350 g/mol. The number of rotatable bonds is 3. The number of amides is 1. The Bertz CT molecular complexity index is 739. The molecule has 26 heavy (non-hydrogen) atoms. The molecule has 2 saturated heterocycles. The lowest BCUT2D eigenvalue weighted by Crippen LogP contribution is -2.43. The fourth-order valence-electron chi connectivity index (χ4n) is 3.84. The van der Waals surface area contributed by atoms with Crippen LogP contribution in [0.5, 0.6) is 0 Å². The van der Waals surface area contributed by atoms with Crippen LogP contribution in [0.15, 0.2) is 18.3 Å². The van der Waals surface area contributed by atoms with Crippen molar-refractivity contribution in [2.75, 3.05) is 36.0 Å². The lowest BCUT2D eigenvalue weighted by Gasteiger charge is -2.31. The number of hydrogen-bond acceptors (Lipinski definition) is 5. The minimum Gasteiger partial charge on any atom is -0.354 e. The molecule has 3 heterocycles. The number of sulfone groups is 1. The Kier molecular flexibility index (Phi) is 5.28. The van der Waals surface area contributed by atoms with Crippen LogP contribution >= 0.6 is 0 Å². The van der Waals surface area contributed by atoms with Crippen molar-refractivity contribution in [1.29, 1.82) is 0 Å². The molecule has 0 radical (unpaired) electrons. The Labute approximate surface area is 156 Å². The third-order valence-electron chi connectivity index (χ3n) is 5.15. The van der Waals surface area contributed by atoms with Gasteiger partial charge in [-0.05, 0) is 36.8 Å². The minimum absolute atomic E-state index is 0.0481. The second-order valence-corrected chi connectivity index (χ2v) is 10.9. The molecule has 0 saturated carbocycles. The predicted molar refractivity (Wildman–Crippen MR) is 103 cm³/mol. The Morgan fingerprint density at radius 2 is 1.88 bits per heavy atom. The van der Waals surface area contributed by atoms with Crippen LogP contribution in [0, 0.1) is 5.41 Å². The van der Waals surface area contributed by atoms with Gasteiger partial charge < -0.3 is 9.80 Å². The third kappa shape index (κ3) is 4.55. The van der Waals surface area contributed by atoms with Crippen LogP contribution < -0.4 is 4.90 Å². The molecule has 1 amide bonds. The molecule has 0 aliphatic carbocycles. The number of anilines is 1. The highest BCUT2D eigenvalue weighted by Crippen LogP contribution is 2.32. The van der Waals surface area contributed by atoms with Crippen molar-refractivity contribution in [1.82, 2.24) is 9.88 Å². The molecule has 0 spiro atoms. The molecule has 7 heteroatoms. The largest absolute Gasteiger partial charge is 0.354 e. The zero-order valence-electron chi connectivity index (χ0n) is 15.9. The van der Waals surface area contributed by atoms with Crippen molar-refractivity contribution in [3.63, 3.8) is 0 Å². The van der Waals surface area contributed by atoms with E-state index in [0.717, 1.165) is 18.8 Å². The zero-order valence-corrected chi connectivity index (χ0v) is 16.8. The SMILES string of the molecule is CC(C)(C)CC1CCCN1c1ccc(C(=O)N2CCS(=O)(=O)CC2)cn1. The number of carbonyl (C=O) groups excluding carboxylic acids is 1. The van der Waals surface area contributed by atoms with Crippen LogP contribution in [0.25, 0.3) is 0 Å². The fourth-order valence-corrected chi connectivity index (χ4v) is 5.04. The molecule has 1 aromatic heterocycles. The van der Waals surface area contributed by atoms with Gasteiger partial charge in [-0.2, -0.15) is 0 Å². The van der Waals surface area contributed by atoms with Crippen molar-refractivity contribution in [3.05, 3.63) is 23.9 Å². The van der Waals surface area contributed by atoms with E-state index in [-0.39, 0.29) is 35.9 Å². The van der Waals surface area contributed by atoms with Gasteiger partial charge in [-0.3, -0.25) is 4.79 Å². The summed E-state index contributed by atoms with van der Waals surface area (Å²) >= 11 is 0. The molecule has 144 valence electrons. The smallest absolute Gasteiger partial charge is 0.255 e. The monoisotopic (exact) mass is 379 g/mol. The quantitative estimate of drug-likeness (QED) is 0.806. The third-order valence-corrected chi connectivity index (χ3v) is 6.76. The lowest BCUT2D eigenvalue weighted by atomic mass is 9.87. The van der Waals surface area contributed by atoms with Gasteiger partial charge in [0.2, 0.25) is 0 Å². The zero-order chi connectivity index (χ0) is 18.9. The van der Waals surface area contributed by atoms with Crippen molar-refractivity contribution < 1.29 is 13.2 Å². The predicted octanol–water partition coefficient (Wildman–Crippen LogP) is 2.36. The summed E-state index contributed by atoms with van der Waals surface area (Å²) in [5.74, 6) is 0.889. The van der Waals surface area contributed by atoms with Gasteiger partial charge in [0.25, 0.3) is 5.91 Å². The summed E-state index contributed by atoms with van der Waals surface area (Å²) in [4.78, 5) is 21.1. The van der Waals surface area contributed by atoms with Gasteiger partial charge in [-0.15, -0.1) is 0 Å². The van der Waals surface area contributed by atoms with Gasteiger partial charge in [0.05, 0.1) is 17.1 Å². The van der Waals surface area contributed by atoms with Crippen molar-refractivity contribution >= 4 is 21.6 Å². The molecular formula is C19H29N3O3S. The lowest BCUT2D eigenvalue weighted by molar-refractivity contribution is 0.0770. The van der Waals surface area contributed by atoms with Crippen molar-refractivity contribution in [2.24, 2.45) is 5.41 Å². The van der Waals surface area contributed by atoms with Gasteiger partial charge in [-0.25, -0.2) is 13.4 Å². The Morgan fingerprint density at radius 3 is 2.46 bits per heavy atom. The average Bonchev–Trinajstić information content (AvgIpc) is 3.00. The maximum Gasteiger partial charge on any atom is 0.255 e. The maximum atomic E-state index is 12.6. The standard InChI is InChI=1S/C19H29N3O3S/c1-19(2,3)13-16-5-4-8-22(16)17-7-6-15(14-20-17)18(23)21-9-11-26(24,25)12-10-21/h6-7,14,16H,4-5,8-13H2,1-3H3. The molecule has 2 aliphatic rings. The van der Waals surface area contributed by atoms with Crippen LogP contribution in [0.1, 0.15) is 50.4 Å². The van der Waals surface area contributed by atoms with E-state index in [2.05, 4.69) is 30.7 Å². The highest BCUT2D eigenvalue weighted by atomic mass is 32.2. The first-order chi connectivity index (χ1) is 12.1. The van der Waals surface area contributed by atoms with Gasteiger partial charge in [0.1, 0.15) is 5.82 Å². The van der Waals surface area contributed by atoms with E-state index in [1.807, 2.05) is 12.1 Å². The molecule has 1 atom stereocenters. The van der Waals surface area contributed by atoms with Crippen molar-refractivity contribution in [2.45, 2.75) is 46.1 Å². The van der Waals surface area contributed by atoms with Crippen LogP contribution in [0.2, 0.25) is 0 Å². The van der Waals surface area contributed by atoms with E-state index in [1.54, 1.807) is 11.1 Å². The number of pyridine rings is 1. The molecule has 0 aromatic carbocycles. The summed E-state index contributed by atoms with van der Waals surface area (Å²) in [5, 5.41) is 0. The molecule has 2 aliphatic heterocycles. The van der Waals surface area contributed by atoms with Gasteiger partial charge in [0, 0.05) is 31.9 Å². The minimum atomic E-state index is -2.99. The second kappa shape index (κ2) is 7.18. The molecule has 6 nitrogen and oxygen atoms in total. The highest BCUT2D eigenvalue weighted by Gasteiger charge is 2.30. The Hall–Kier alpha value is -1.63. The topological polar surface area (TPSA) is 70.6 Å². The Morgan fingerprint density at radius 1 is 1.19 bits per heavy atom. The molecule has 0 N–H and O–H groups in total. The normalized spacial score (nSPS) is 23.3. The fraction of sp³-hybridized carbons (Fsp3) is 0.684. The highest BCUT2D eigenvalue weighted by molar-refractivity contribution is 7.91. The number of nitrogens with zero attached hydrogens (tertiary/aromatic N) is 3. The molecule has 0 bridgehead atoms. The van der Waals surface area contributed by atoms with Gasteiger partial charge in [-0.1, -0.05) is 20.8 Å². The van der Waals surface area contributed by atoms with Crippen LogP contribution in [-0.4, -0.2) is 61.4 Å². The Balaban J connectivity index is 1.67. The van der Waals surface area contributed by atoms with Gasteiger partial charge >= 0.3 is 0 Å². The molecule has 2 fully saturated rings. The molecule has 3 rings (SSSR count). The first kappa shape index (κ1) is 19.1. The summed E-state index contributed by atoms with van der Waals surface area (Å²) in [7, 11) is -2.99. The molecule has 1 unspecified atom stereocenters. The van der Waals surface area contributed by atoms with Crippen molar-refractivity contribution in [3.8, 4) is 0 Å². The van der Waals surface area contributed by atoms with E-state index in [9.17, 15) is 13.2 Å². The summed E-state index contributed by atoms with van der Waals surface area (Å²) in [6.07, 6.45) is 5.11. The first-order valence-electron chi connectivity index (χ1n) is 9.37. The number of hydrogen-bond donors (Lipinski definition) is 0. The summed E-state index contributed by atoms with van der Waals surface area (Å²) in [6, 6.07) is 4.24. The summed E-state index contributed by atoms with van der Waals surface area (Å²) in [6.45, 7) is 8.32. The number of aromatic nitrogens is 1. The van der Waals surface area contributed by atoms with Gasteiger partial charge in [0.15, 0.2) is 9.84 Å².